The monoisotopic (exact) mass is 1530 g/mol. The van der Waals surface area contributed by atoms with Crippen LogP contribution in [0.3, 0.4) is 0 Å². The van der Waals surface area contributed by atoms with E-state index in [-0.39, 0.29) is 16.5 Å². The molecule has 0 atom stereocenters. The SMILES string of the molecule is CCCCCCCCCCCCOc1ccc(C([S-])=C([S-])c2ccc(I)cc2)cc1OCCCCCCCCCCCC.CCCCCCCCCCCCOc1ccc(C([S-])=C([S-])c2ccc(I)cc2)cc1OCCCCCCCCCCCC.[Ni]. The fourth-order valence-electron chi connectivity index (χ4n) is 10.6. The zero-order chi connectivity index (χ0) is 61.9. The standard InChI is InChI=1S/2C38H59IO2S2.Ni/c2*1-3-5-7-9-11-13-15-17-19-21-29-40-35-28-25-33(38(43)37(42)32-23-26-34(39)27-24-32)31-36(35)41-30-22-20-18-16-14-12-10-8-6-4-2;/h2*23-28,31,42-43H,3-22,29-30H2,1-2H3;/p-4. The minimum Gasteiger partial charge on any atom is -0.781 e. The molecular formula is C76H114I2NiO4S4-4. The van der Waals surface area contributed by atoms with E-state index in [0.717, 1.165) is 84.1 Å². The van der Waals surface area contributed by atoms with Gasteiger partial charge in [-0.1, -0.05) is 295 Å². The summed E-state index contributed by atoms with van der Waals surface area (Å²) in [6.45, 7) is 11.9. The number of ether oxygens (including phenoxy) is 4. The number of hydrogen-bond donors (Lipinski definition) is 0. The first kappa shape index (κ1) is 81.5. The van der Waals surface area contributed by atoms with E-state index in [4.69, 9.17) is 69.5 Å². The molecule has 0 saturated heterocycles. The summed E-state index contributed by atoms with van der Waals surface area (Å²) in [4.78, 5) is 2.76. The van der Waals surface area contributed by atoms with Crippen molar-refractivity contribution in [3.05, 3.63) is 114 Å². The van der Waals surface area contributed by atoms with Crippen molar-refractivity contribution in [1.29, 1.82) is 0 Å². The zero-order valence-corrected chi connectivity index (χ0v) is 63.1. The number of benzene rings is 4. The summed E-state index contributed by atoms with van der Waals surface area (Å²) in [6.07, 6.45) is 52.6. The van der Waals surface area contributed by atoms with Gasteiger partial charge in [-0.3, -0.25) is 0 Å². The second kappa shape index (κ2) is 56.0. The zero-order valence-electron chi connectivity index (χ0n) is 54.5. The minimum absolute atomic E-state index is 0. The Balaban J connectivity index is 0.000000587. The maximum absolute atomic E-state index is 6.32. The maximum Gasteiger partial charge on any atom is 0.161 e. The van der Waals surface area contributed by atoms with E-state index in [0.29, 0.717) is 32.8 Å². The molecule has 87 heavy (non-hydrogen) atoms. The van der Waals surface area contributed by atoms with Gasteiger partial charge in [-0.15, -0.1) is 0 Å². The number of rotatable bonds is 52. The molecule has 11 heteroatoms. The second-order valence-corrected chi connectivity index (χ2v) is 27.9. The van der Waals surface area contributed by atoms with Crippen molar-refractivity contribution in [3.63, 3.8) is 0 Å². The van der Waals surface area contributed by atoms with E-state index >= 15 is 0 Å². The van der Waals surface area contributed by atoms with E-state index in [2.05, 4.69) is 97.1 Å². The van der Waals surface area contributed by atoms with Crippen molar-refractivity contribution in [2.75, 3.05) is 26.4 Å². The largest absolute Gasteiger partial charge is 0.781 e. The van der Waals surface area contributed by atoms with Crippen LogP contribution < -0.4 is 18.9 Å². The molecule has 0 aliphatic heterocycles. The summed E-state index contributed by atoms with van der Waals surface area (Å²) in [5, 5.41) is 0. The van der Waals surface area contributed by atoms with Crippen molar-refractivity contribution in [1.82, 2.24) is 0 Å². The van der Waals surface area contributed by atoms with Gasteiger partial charge in [-0.25, -0.2) is 0 Å². The Kier molecular flexibility index (Phi) is 52.4. The smallest absolute Gasteiger partial charge is 0.161 e. The van der Waals surface area contributed by atoms with Crippen molar-refractivity contribution in [3.8, 4) is 23.0 Å². The molecule has 0 spiro atoms. The van der Waals surface area contributed by atoms with Crippen LogP contribution in [0.4, 0.5) is 0 Å². The Bertz CT molecular complexity index is 2180. The van der Waals surface area contributed by atoms with Crippen LogP contribution in [0.1, 0.15) is 307 Å². The third-order valence-electron chi connectivity index (χ3n) is 16.1. The average Bonchev–Trinajstić information content (AvgIpc) is 3.26. The normalized spacial score (nSPS) is 11.7. The van der Waals surface area contributed by atoms with Crippen LogP contribution in [0, 0.1) is 7.14 Å². The fraction of sp³-hybridized carbons (Fsp3) is 0.632. The molecule has 0 amide bonds. The van der Waals surface area contributed by atoms with E-state index < -0.39 is 0 Å². The Morgan fingerprint density at radius 3 is 0.667 bits per heavy atom. The van der Waals surface area contributed by atoms with E-state index in [1.54, 1.807) is 0 Å². The summed E-state index contributed by atoms with van der Waals surface area (Å²) in [7, 11) is 0. The van der Waals surface area contributed by atoms with Crippen LogP contribution in [0.25, 0.3) is 19.6 Å². The van der Waals surface area contributed by atoms with E-state index in [1.807, 2.05) is 60.7 Å². The number of halogens is 2. The van der Waals surface area contributed by atoms with Crippen LogP contribution in [-0.2, 0) is 67.0 Å². The third-order valence-corrected chi connectivity index (χ3v) is 19.5. The topological polar surface area (TPSA) is 36.9 Å². The van der Waals surface area contributed by atoms with Crippen molar-refractivity contribution >= 4 is 115 Å². The van der Waals surface area contributed by atoms with Gasteiger partial charge in [-0.05, 0) is 142 Å². The van der Waals surface area contributed by atoms with Gasteiger partial charge in [-0.2, -0.15) is 19.6 Å². The van der Waals surface area contributed by atoms with E-state index in [1.165, 1.54) is 238 Å². The average molecular weight is 1530 g/mol. The molecule has 4 nitrogen and oxygen atoms in total. The molecule has 0 aromatic heterocycles. The summed E-state index contributed by atoms with van der Waals surface area (Å²) in [5.74, 6) is 3.20. The summed E-state index contributed by atoms with van der Waals surface area (Å²) < 4.78 is 27.5. The third kappa shape index (κ3) is 39.5. The molecule has 0 radical (unpaired) electrons. The molecule has 0 N–H and O–H groups in total. The molecule has 4 aromatic rings. The molecular weight excluding hydrogens is 1420 g/mol. The fourth-order valence-corrected chi connectivity index (χ4v) is 12.3. The Morgan fingerprint density at radius 2 is 0.437 bits per heavy atom. The Labute approximate surface area is 593 Å². The van der Waals surface area contributed by atoms with E-state index in [9.17, 15) is 0 Å². The Morgan fingerprint density at radius 1 is 0.253 bits per heavy atom. The first-order valence-corrected chi connectivity index (χ1v) is 38.4. The van der Waals surface area contributed by atoms with Crippen molar-refractivity contribution in [2.45, 2.75) is 285 Å². The van der Waals surface area contributed by atoms with Gasteiger partial charge in [0.1, 0.15) is 0 Å². The maximum atomic E-state index is 6.32. The van der Waals surface area contributed by atoms with Crippen LogP contribution >= 0.6 is 45.2 Å². The van der Waals surface area contributed by atoms with Gasteiger partial charge in [0.25, 0.3) is 0 Å². The van der Waals surface area contributed by atoms with Gasteiger partial charge in [0.2, 0.25) is 0 Å². The molecule has 4 aromatic carbocycles. The van der Waals surface area contributed by atoms with Crippen LogP contribution in [0.5, 0.6) is 23.0 Å². The van der Waals surface area contributed by atoms with Crippen LogP contribution in [0.2, 0.25) is 0 Å². The molecule has 0 unspecified atom stereocenters. The summed E-state index contributed by atoms with van der Waals surface area (Å²) >= 11 is 27.8. The van der Waals surface area contributed by atoms with Gasteiger partial charge < -0.3 is 69.5 Å². The molecule has 0 fully saturated rings. The predicted molar refractivity (Wildman–Crippen MR) is 404 cm³/mol. The van der Waals surface area contributed by atoms with Gasteiger partial charge >= 0.3 is 0 Å². The van der Waals surface area contributed by atoms with Gasteiger partial charge in [0.05, 0.1) is 26.4 Å². The molecule has 0 bridgehead atoms. The predicted octanol–water partition coefficient (Wildman–Crippen LogP) is 25.6. The second-order valence-electron chi connectivity index (χ2n) is 23.8. The Hall–Kier alpha value is -1.61. The quantitative estimate of drug-likeness (QED) is 0.0142. The van der Waals surface area contributed by atoms with Crippen molar-refractivity contribution < 1.29 is 35.4 Å². The minimum atomic E-state index is 0. The van der Waals surface area contributed by atoms with Crippen LogP contribution in [0.15, 0.2) is 84.9 Å². The molecule has 0 heterocycles. The summed E-state index contributed by atoms with van der Waals surface area (Å²) in [6, 6.07) is 28.6. The summed E-state index contributed by atoms with van der Waals surface area (Å²) in [5.41, 5.74) is 3.80. The molecule has 4 rings (SSSR count). The van der Waals surface area contributed by atoms with Gasteiger partial charge in [0, 0.05) is 23.6 Å². The van der Waals surface area contributed by atoms with Crippen LogP contribution in [-0.4, -0.2) is 26.4 Å². The van der Waals surface area contributed by atoms with Crippen molar-refractivity contribution in [2.24, 2.45) is 0 Å². The first-order chi connectivity index (χ1) is 42.1. The molecule has 0 aliphatic rings. The molecule has 0 saturated carbocycles. The molecule has 0 aliphatic carbocycles. The number of hydrogen-bond acceptors (Lipinski definition) is 8. The molecule has 494 valence electrons. The van der Waals surface area contributed by atoms with Gasteiger partial charge in [0.15, 0.2) is 23.0 Å². The number of unbranched alkanes of at least 4 members (excludes halogenated alkanes) is 36. The first-order valence-electron chi connectivity index (χ1n) is 34.6.